The van der Waals surface area contributed by atoms with E-state index in [-0.39, 0.29) is 0 Å². The van der Waals surface area contributed by atoms with E-state index in [1.54, 1.807) is 7.11 Å². The number of aromatic nitrogens is 1. The van der Waals surface area contributed by atoms with Gasteiger partial charge in [0.1, 0.15) is 9.88 Å². The molecule has 0 aliphatic rings. The number of thiazole rings is 1. The Kier molecular flexibility index (Phi) is 3.39. The summed E-state index contributed by atoms with van der Waals surface area (Å²) in [5, 5.41) is 9.53. The minimum atomic E-state index is -0.906. The maximum absolute atomic E-state index is 10.7. The Morgan fingerprint density at radius 1 is 1.69 bits per heavy atom. The van der Waals surface area contributed by atoms with Crippen molar-refractivity contribution in [3.05, 3.63) is 15.6 Å². The molecule has 4 nitrogen and oxygen atoms in total. The van der Waals surface area contributed by atoms with Gasteiger partial charge in [0.05, 0.1) is 12.3 Å². The van der Waals surface area contributed by atoms with E-state index in [0.717, 1.165) is 5.01 Å². The lowest BCUT2D eigenvalue weighted by molar-refractivity contribution is 0.0701. The van der Waals surface area contributed by atoms with Gasteiger partial charge in [-0.15, -0.1) is 11.3 Å². The number of aryl methyl sites for hydroxylation is 1. The van der Waals surface area contributed by atoms with Gasteiger partial charge in [-0.2, -0.15) is 0 Å². The Balaban J connectivity index is 2.97. The molecule has 1 aromatic rings. The minimum Gasteiger partial charge on any atom is -0.477 e. The van der Waals surface area contributed by atoms with Crippen LogP contribution < -0.4 is 0 Å². The summed E-state index contributed by atoms with van der Waals surface area (Å²) in [5.74, 6) is -0.906. The van der Waals surface area contributed by atoms with E-state index in [4.69, 9.17) is 9.84 Å². The normalized spacial score (nSPS) is 10.3. The first-order chi connectivity index (χ1) is 6.19. The molecule has 1 N–H and O–H groups in total. The van der Waals surface area contributed by atoms with E-state index in [9.17, 15) is 4.79 Å². The smallest absolute Gasteiger partial charge is 0.347 e. The predicted molar refractivity (Wildman–Crippen MR) is 49.2 cm³/mol. The molecule has 0 radical (unpaired) electrons. The Hall–Kier alpha value is -0.940. The molecule has 1 heterocycles. The van der Waals surface area contributed by atoms with Crippen molar-refractivity contribution >= 4 is 17.3 Å². The number of nitrogens with zero attached hydrogens (tertiary/aromatic N) is 1. The Morgan fingerprint density at radius 3 is 2.77 bits per heavy atom. The quantitative estimate of drug-likeness (QED) is 0.802. The van der Waals surface area contributed by atoms with Crippen LogP contribution in [0.4, 0.5) is 0 Å². The molecule has 5 heteroatoms. The van der Waals surface area contributed by atoms with Gasteiger partial charge < -0.3 is 9.84 Å². The monoisotopic (exact) mass is 201 g/mol. The second-order valence-corrected chi connectivity index (χ2v) is 3.56. The molecule has 0 saturated carbocycles. The van der Waals surface area contributed by atoms with Crippen molar-refractivity contribution in [3.8, 4) is 0 Å². The molecule has 0 aliphatic carbocycles. The molecule has 72 valence electrons. The number of aromatic carboxylic acids is 1. The van der Waals surface area contributed by atoms with Crippen LogP contribution in [-0.2, 0) is 17.8 Å². The molecule has 0 atom stereocenters. The molecule has 1 aromatic heterocycles. The average molecular weight is 201 g/mol. The molecule has 0 aliphatic heterocycles. The zero-order valence-electron chi connectivity index (χ0n) is 7.53. The number of carboxylic acid groups (broad SMARTS) is 1. The van der Waals surface area contributed by atoms with Crippen LogP contribution >= 0.6 is 11.3 Å². The van der Waals surface area contributed by atoms with E-state index in [1.165, 1.54) is 11.3 Å². The van der Waals surface area contributed by atoms with E-state index in [2.05, 4.69) is 4.98 Å². The summed E-state index contributed by atoms with van der Waals surface area (Å²) in [6.45, 7) is 2.27. The molecule has 13 heavy (non-hydrogen) atoms. The lowest BCUT2D eigenvalue weighted by Gasteiger charge is -1.90. The van der Waals surface area contributed by atoms with Gasteiger partial charge in [0.15, 0.2) is 0 Å². The van der Waals surface area contributed by atoms with Crippen LogP contribution in [0.2, 0.25) is 0 Å². The number of carbonyl (C=O) groups is 1. The zero-order chi connectivity index (χ0) is 9.84. The van der Waals surface area contributed by atoms with Gasteiger partial charge in [-0.1, -0.05) is 6.92 Å². The molecule has 0 bridgehead atoms. The lowest BCUT2D eigenvalue weighted by Crippen LogP contribution is -1.97. The van der Waals surface area contributed by atoms with Crippen molar-refractivity contribution in [1.29, 1.82) is 0 Å². The largest absolute Gasteiger partial charge is 0.477 e. The maximum atomic E-state index is 10.7. The SMILES string of the molecule is CCc1nc(COC)sc1C(=O)O. The van der Waals surface area contributed by atoms with Gasteiger partial charge in [0, 0.05) is 7.11 Å². The molecule has 0 amide bonds. The van der Waals surface area contributed by atoms with Crippen LogP contribution in [0.25, 0.3) is 0 Å². The van der Waals surface area contributed by atoms with Crippen LogP contribution in [0.1, 0.15) is 27.3 Å². The fraction of sp³-hybridized carbons (Fsp3) is 0.500. The first-order valence-corrected chi connectivity index (χ1v) is 4.71. The molecule has 0 spiro atoms. The number of carboxylic acids is 1. The van der Waals surface area contributed by atoms with E-state index >= 15 is 0 Å². The number of ether oxygens (including phenoxy) is 1. The maximum Gasteiger partial charge on any atom is 0.347 e. The third kappa shape index (κ3) is 2.26. The summed E-state index contributed by atoms with van der Waals surface area (Å²) in [6.07, 6.45) is 0.641. The van der Waals surface area contributed by atoms with E-state index in [0.29, 0.717) is 23.6 Å². The van der Waals surface area contributed by atoms with Gasteiger partial charge in [-0.25, -0.2) is 9.78 Å². The average Bonchev–Trinajstić information content (AvgIpc) is 2.48. The van der Waals surface area contributed by atoms with Crippen molar-refractivity contribution in [3.63, 3.8) is 0 Å². The second kappa shape index (κ2) is 4.34. The summed E-state index contributed by atoms with van der Waals surface area (Å²) in [6, 6.07) is 0. The summed E-state index contributed by atoms with van der Waals surface area (Å²) >= 11 is 1.18. The Labute approximate surface area is 80.2 Å². The predicted octanol–water partition coefficient (Wildman–Crippen LogP) is 1.55. The highest BCUT2D eigenvalue weighted by molar-refractivity contribution is 7.13. The van der Waals surface area contributed by atoms with Gasteiger partial charge in [-0.3, -0.25) is 0 Å². The van der Waals surface area contributed by atoms with Crippen molar-refractivity contribution in [2.24, 2.45) is 0 Å². The molecule has 1 rings (SSSR count). The molecular formula is C8H11NO3S. The van der Waals surface area contributed by atoms with Crippen molar-refractivity contribution in [2.45, 2.75) is 20.0 Å². The molecule has 0 unspecified atom stereocenters. The number of hydrogen-bond acceptors (Lipinski definition) is 4. The highest BCUT2D eigenvalue weighted by Gasteiger charge is 2.15. The lowest BCUT2D eigenvalue weighted by atomic mass is 10.3. The molecule has 0 fully saturated rings. The zero-order valence-corrected chi connectivity index (χ0v) is 8.35. The first-order valence-electron chi connectivity index (χ1n) is 3.89. The number of hydrogen-bond donors (Lipinski definition) is 1. The Morgan fingerprint density at radius 2 is 2.38 bits per heavy atom. The first kappa shape index (κ1) is 10.1. The summed E-state index contributed by atoms with van der Waals surface area (Å²) in [4.78, 5) is 15.2. The summed E-state index contributed by atoms with van der Waals surface area (Å²) in [7, 11) is 1.56. The van der Waals surface area contributed by atoms with Gasteiger partial charge in [0.25, 0.3) is 0 Å². The van der Waals surface area contributed by atoms with Crippen molar-refractivity contribution in [2.75, 3.05) is 7.11 Å². The van der Waals surface area contributed by atoms with Crippen molar-refractivity contribution in [1.82, 2.24) is 4.98 Å². The summed E-state index contributed by atoms with van der Waals surface area (Å²) in [5.41, 5.74) is 0.643. The number of methoxy groups -OCH3 is 1. The van der Waals surface area contributed by atoms with Gasteiger partial charge in [-0.05, 0) is 6.42 Å². The molecule has 0 saturated heterocycles. The summed E-state index contributed by atoms with van der Waals surface area (Å²) < 4.78 is 4.88. The molecule has 0 aromatic carbocycles. The van der Waals surface area contributed by atoms with Crippen LogP contribution in [0.3, 0.4) is 0 Å². The fourth-order valence-electron chi connectivity index (χ4n) is 0.993. The van der Waals surface area contributed by atoms with Gasteiger partial charge >= 0.3 is 5.97 Å². The van der Waals surface area contributed by atoms with Crippen LogP contribution in [0.5, 0.6) is 0 Å². The topological polar surface area (TPSA) is 59.4 Å². The third-order valence-electron chi connectivity index (χ3n) is 1.54. The second-order valence-electron chi connectivity index (χ2n) is 2.48. The minimum absolute atomic E-state index is 0.328. The van der Waals surface area contributed by atoms with E-state index in [1.807, 2.05) is 6.92 Å². The highest BCUT2D eigenvalue weighted by Crippen LogP contribution is 2.19. The van der Waals surface area contributed by atoms with E-state index < -0.39 is 5.97 Å². The highest BCUT2D eigenvalue weighted by atomic mass is 32.1. The van der Waals surface area contributed by atoms with Crippen LogP contribution in [-0.4, -0.2) is 23.2 Å². The fourth-order valence-corrected chi connectivity index (χ4v) is 1.96. The van der Waals surface area contributed by atoms with Crippen molar-refractivity contribution < 1.29 is 14.6 Å². The molecular weight excluding hydrogens is 190 g/mol. The number of rotatable bonds is 4. The Bertz CT molecular complexity index is 308. The standard InChI is InChI=1S/C8H11NO3S/c1-3-5-7(8(10)11)13-6(9-5)4-12-2/h3-4H2,1-2H3,(H,10,11). The van der Waals surface area contributed by atoms with Crippen LogP contribution in [0.15, 0.2) is 0 Å². The van der Waals surface area contributed by atoms with Crippen LogP contribution in [0, 0.1) is 0 Å². The van der Waals surface area contributed by atoms with Gasteiger partial charge in [0.2, 0.25) is 0 Å². The third-order valence-corrected chi connectivity index (χ3v) is 2.60.